The van der Waals surface area contributed by atoms with Crippen molar-refractivity contribution in [2.75, 3.05) is 37.6 Å². The van der Waals surface area contributed by atoms with Crippen LogP contribution in [-0.2, 0) is 17.6 Å². The second-order valence-corrected chi connectivity index (χ2v) is 7.73. The molecule has 1 aromatic heterocycles. The summed E-state index contributed by atoms with van der Waals surface area (Å²) in [6.45, 7) is 10.9. The number of piperazine rings is 1. The number of carbonyl (C=O) groups is 1. The molecule has 1 N–H and O–H groups in total. The summed E-state index contributed by atoms with van der Waals surface area (Å²) < 4.78 is 19.1. The lowest BCUT2D eigenvalue weighted by Gasteiger charge is -2.37. The molecular weight excluding hydrogens is 385 g/mol. The zero-order chi connectivity index (χ0) is 21.5. The van der Waals surface area contributed by atoms with Gasteiger partial charge in [-0.1, -0.05) is 19.0 Å². The number of halogens is 1. The summed E-state index contributed by atoms with van der Waals surface area (Å²) in [5.41, 5.74) is 1.82. The van der Waals surface area contributed by atoms with Gasteiger partial charge in [-0.05, 0) is 38.1 Å². The summed E-state index contributed by atoms with van der Waals surface area (Å²) in [5, 5.41) is 6.88. The summed E-state index contributed by atoms with van der Waals surface area (Å²) in [4.78, 5) is 21.4. The fraction of sp³-hybridized carbons (Fsp3) is 0.591. The molecule has 1 fully saturated rings. The van der Waals surface area contributed by atoms with Gasteiger partial charge in [0.25, 0.3) is 0 Å². The third-order valence-corrected chi connectivity index (χ3v) is 5.61. The Kier molecular flexibility index (Phi) is 7.79. The Morgan fingerprint density at radius 2 is 2.03 bits per heavy atom. The van der Waals surface area contributed by atoms with Gasteiger partial charge in [-0.3, -0.25) is 4.79 Å². The molecule has 0 saturated carbocycles. The molecule has 3 rings (SSSR count). The van der Waals surface area contributed by atoms with Gasteiger partial charge in [-0.25, -0.2) is 4.39 Å². The molecule has 1 saturated heterocycles. The Hall–Kier alpha value is -2.48. The van der Waals surface area contributed by atoms with Crippen LogP contribution >= 0.6 is 0 Å². The number of carbonyl (C=O) groups excluding carboxylic acids is 1. The third-order valence-electron chi connectivity index (χ3n) is 5.61. The van der Waals surface area contributed by atoms with Crippen molar-refractivity contribution >= 4 is 11.6 Å². The van der Waals surface area contributed by atoms with E-state index < -0.39 is 0 Å². The van der Waals surface area contributed by atoms with Crippen LogP contribution in [0.25, 0.3) is 0 Å². The highest BCUT2D eigenvalue weighted by atomic mass is 19.1. The Morgan fingerprint density at radius 3 is 2.70 bits per heavy atom. The number of likely N-dealkylation sites (N-methyl/N-ethyl adjacent to an activating group) is 1. The average molecular weight is 418 g/mol. The maximum atomic E-state index is 14.0. The molecular formula is C22H32FN5O2. The highest BCUT2D eigenvalue weighted by Crippen LogP contribution is 2.28. The molecule has 1 aromatic carbocycles. The quantitative estimate of drug-likeness (QED) is 0.676. The van der Waals surface area contributed by atoms with Gasteiger partial charge in [-0.15, -0.1) is 0 Å². The van der Waals surface area contributed by atoms with E-state index in [1.165, 1.54) is 12.1 Å². The van der Waals surface area contributed by atoms with Crippen LogP contribution in [0.3, 0.4) is 0 Å². The zero-order valence-corrected chi connectivity index (χ0v) is 18.2. The van der Waals surface area contributed by atoms with Gasteiger partial charge in [0, 0.05) is 56.7 Å². The monoisotopic (exact) mass is 417 g/mol. The van der Waals surface area contributed by atoms with E-state index in [1.54, 1.807) is 0 Å². The van der Waals surface area contributed by atoms with Crippen LogP contribution in [0, 0.1) is 5.82 Å². The number of aromatic nitrogens is 2. The molecule has 1 aliphatic rings. The number of benzene rings is 1. The van der Waals surface area contributed by atoms with Crippen molar-refractivity contribution in [2.24, 2.45) is 0 Å². The lowest BCUT2D eigenvalue weighted by Crippen LogP contribution is -2.46. The van der Waals surface area contributed by atoms with Crippen LogP contribution in [0.15, 0.2) is 22.7 Å². The molecule has 0 radical (unpaired) electrons. The number of hydrogen-bond donors (Lipinski definition) is 1. The smallest absolute Gasteiger partial charge is 0.226 e. The predicted octanol–water partition coefficient (Wildman–Crippen LogP) is 3.11. The van der Waals surface area contributed by atoms with Crippen LogP contribution in [0.4, 0.5) is 10.1 Å². The normalized spacial score (nSPS) is 15.9. The van der Waals surface area contributed by atoms with E-state index in [0.717, 1.165) is 50.4 Å². The number of nitrogens with one attached hydrogen (secondary N) is 1. The first kappa shape index (κ1) is 22.2. The lowest BCUT2D eigenvalue weighted by molar-refractivity contribution is -0.121. The average Bonchev–Trinajstić information content (AvgIpc) is 3.22. The van der Waals surface area contributed by atoms with Gasteiger partial charge < -0.3 is 19.6 Å². The topological polar surface area (TPSA) is 74.5 Å². The highest BCUT2D eigenvalue weighted by Gasteiger charge is 2.22. The number of aryl methyl sites for hydroxylation is 2. The molecule has 8 heteroatoms. The fourth-order valence-electron chi connectivity index (χ4n) is 3.79. The van der Waals surface area contributed by atoms with Crippen molar-refractivity contribution in [3.63, 3.8) is 0 Å². The van der Waals surface area contributed by atoms with Crippen molar-refractivity contribution in [3.8, 4) is 0 Å². The Balaban J connectivity index is 1.56. The minimum Gasteiger partial charge on any atom is -0.369 e. The molecule has 1 unspecified atom stereocenters. The predicted molar refractivity (Wildman–Crippen MR) is 114 cm³/mol. The van der Waals surface area contributed by atoms with Gasteiger partial charge in [-0.2, -0.15) is 4.98 Å². The van der Waals surface area contributed by atoms with Gasteiger partial charge in [0.15, 0.2) is 5.82 Å². The van der Waals surface area contributed by atoms with Crippen molar-refractivity contribution < 1.29 is 13.7 Å². The molecule has 30 heavy (non-hydrogen) atoms. The van der Waals surface area contributed by atoms with Crippen LogP contribution in [0.1, 0.15) is 56.9 Å². The standard InChI is InChI=1S/C22H32FN5O2/c1-4-20-25-22(30-26-20)8-6-7-21(29)24-16(3)18-15-17(23)9-10-19(18)28-13-11-27(5-2)12-14-28/h9-10,15-16H,4-8,11-14H2,1-3H3,(H,24,29). The first-order valence-electron chi connectivity index (χ1n) is 10.9. The minimum atomic E-state index is -0.287. The molecule has 2 aromatic rings. The van der Waals surface area contributed by atoms with Crippen molar-refractivity contribution in [2.45, 2.75) is 52.5 Å². The van der Waals surface area contributed by atoms with Crippen molar-refractivity contribution in [1.29, 1.82) is 0 Å². The highest BCUT2D eigenvalue weighted by molar-refractivity contribution is 5.76. The molecule has 164 valence electrons. The van der Waals surface area contributed by atoms with E-state index >= 15 is 0 Å². The number of hydrogen-bond acceptors (Lipinski definition) is 6. The van der Waals surface area contributed by atoms with Crippen LogP contribution < -0.4 is 10.2 Å². The van der Waals surface area contributed by atoms with E-state index in [4.69, 9.17) is 4.52 Å². The Bertz CT molecular complexity index is 833. The van der Waals surface area contributed by atoms with Crippen LogP contribution in [-0.4, -0.2) is 53.7 Å². The molecule has 2 heterocycles. The molecule has 1 atom stereocenters. The summed E-state index contributed by atoms with van der Waals surface area (Å²) in [7, 11) is 0. The Labute approximate surface area is 177 Å². The summed E-state index contributed by atoms with van der Waals surface area (Å²) >= 11 is 0. The molecule has 0 aliphatic carbocycles. The second-order valence-electron chi connectivity index (χ2n) is 7.73. The lowest BCUT2D eigenvalue weighted by atomic mass is 10.0. The largest absolute Gasteiger partial charge is 0.369 e. The van der Waals surface area contributed by atoms with E-state index in [-0.39, 0.29) is 17.8 Å². The van der Waals surface area contributed by atoms with Gasteiger partial charge in [0.1, 0.15) is 5.82 Å². The van der Waals surface area contributed by atoms with E-state index in [2.05, 4.69) is 32.2 Å². The SMILES string of the molecule is CCc1noc(CCCC(=O)NC(C)c2cc(F)ccc2N2CCN(CC)CC2)n1. The number of rotatable bonds is 9. The van der Waals surface area contributed by atoms with Crippen molar-refractivity contribution in [3.05, 3.63) is 41.3 Å². The maximum Gasteiger partial charge on any atom is 0.226 e. The molecule has 0 bridgehead atoms. The van der Waals surface area contributed by atoms with Gasteiger partial charge in [0.2, 0.25) is 11.8 Å². The minimum absolute atomic E-state index is 0.0660. The first-order valence-corrected chi connectivity index (χ1v) is 10.9. The van der Waals surface area contributed by atoms with E-state index in [1.807, 2.05) is 19.9 Å². The van der Waals surface area contributed by atoms with E-state index in [9.17, 15) is 9.18 Å². The van der Waals surface area contributed by atoms with E-state index in [0.29, 0.717) is 31.0 Å². The van der Waals surface area contributed by atoms with Gasteiger partial charge >= 0.3 is 0 Å². The number of amides is 1. The van der Waals surface area contributed by atoms with Crippen LogP contribution in [0.2, 0.25) is 0 Å². The summed E-state index contributed by atoms with van der Waals surface area (Å²) in [6, 6.07) is 4.59. The number of anilines is 1. The molecule has 1 amide bonds. The van der Waals surface area contributed by atoms with Crippen molar-refractivity contribution in [1.82, 2.24) is 20.4 Å². The maximum absolute atomic E-state index is 14.0. The van der Waals surface area contributed by atoms with Crippen LogP contribution in [0.5, 0.6) is 0 Å². The summed E-state index contributed by atoms with van der Waals surface area (Å²) in [6.07, 6.45) is 2.28. The Morgan fingerprint density at radius 1 is 1.27 bits per heavy atom. The molecule has 7 nitrogen and oxygen atoms in total. The second kappa shape index (κ2) is 10.5. The molecule has 0 spiro atoms. The third kappa shape index (κ3) is 5.78. The van der Waals surface area contributed by atoms with Gasteiger partial charge in [0.05, 0.1) is 6.04 Å². The first-order chi connectivity index (χ1) is 14.5. The summed E-state index contributed by atoms with van der Waals surface area (Å²) in [5.74, 6) is 0.890. The zero-order valence-electron chi connectivity index (χ0n) is 18.2. The number of nitrogens with zero attached hydrogens (tertiary/aromatic N) is 4. The molecule has 1 aliphatic heterocycles. The fourth-order valence-corrected chi connectivity index (χ4v) is 3.79.